The summed E-state index contributed by atoms with van der Waals surface area (Å²) in [5.41, 5.74) is 11.4. The smallest absolute Gasteiger partial charge is 0.307 e. The molecule has 1 saturated carbocycles. The lowest BCUT2D eigenvalue weighted by molar-refractivity contribution is -0.138. The molecule has 77 heavy (non-hydrogen) atoms. The van der Waals surface area contributed by atoms with Crippen LogP contribution < -0.4 is 0 Å². The van der Waals surface area contributed by atoms with E-state index < -0.39 is 24.1 Å². The molecule has 10 aromatic rings. The minimum Gasteiger partial charge on any atom is -0.481 e. The van der Waals surface area contributed by atoms with Crippen molar-refractivity contribution in [2.24, 2.45) is 0 Å². The largest absolute Gasteiger partial charge is 0.481 e. The number of hydrogen-bond donors (Lipinski definition) is 4. The molecule has 16 nitrogen and oxygen atoms in total. The maximum absolute atomic E-state index is 11.2. The summed E-state index contributed by atoms with van der Waals surface area (Å²) in [7, 11) is 0. The Morgan fingerprint density at radius 3 is 1.69 bits per heavy atom. The highest BCUT2D eigenvalue weighted by atomic mass is 35.5. The summed E-state index contributed by atoms with van der Waals surface area (Å²) in [4.78, 5) is 22.2. The van der Waals surface area contributed by atoms with Crippen molar-refractivity contribution in [3.8, 4) is 44.9 Å². The standard InChI is InChI=1S/C31H27N3O5.C28H22Cl2N4O4/c1-19-27(28(37)30-33-32-25(38-30)17-20-5-3-2-4-6-20)29(39-34-19)23-9-7-21(8-10-23)22-11-13-24(14-12-22)31(15-16-31)18-26(35)36;1-16-26(27(37)24-15-34(33-31-24)14-18-4-11-22(29)23(30)12-18)28(38-32-16)21-9-7-20(8-10-21)19-5-2-17(3-6-19)13-25(35)36/h2-14,28,37H,15-18H2,1H3,(H,35,36);2-12,15,27,37H,13-14H2,1H3,(H,35,36). The molecule has 2 atom stereocenters. The second kappa shape index (κ2) is 22.4. The van der Waals surface area contributed by atoms with Gasteiger partial charge in [0.25, 0.3) is 0 Å². The van der Waals surface area contributed by atoms with Gasteiger partial charge in [-0.15, -0.1) is 15.3 Å². The van der Waals surface area contributed by atoms with Crippen molar-refractivity contribution in [2.45, 2.75) is 70.1 Å². The molecule has 0 amide bonds. The highest BCUT2D eigenvalue weighted by Crippen LogP contribution is 2.51. The maximum Gasteiger partial charge on any atom is 0.307 e. The molecule has 6 aromatic carbocycles. The highest BCUT2D eigenvalue weighted by molar-refractivity contribution is 6.42. The summed E-state index contributed by atoms with van der Waals surface area (Å²) in [6.45, 7) is 3.93. The first kappa shape index (κ1) is 51.9. The SMILES string of the molecule is Cc1noc(-c2ccc(-c3ccc(C4(CC(=O)O)CC4)cc3)cc2)c1C(O)c1nnc(Cc2ccccc2)o1.Cc1noc(-c2ccc(-c3ccc(CC(=O)O)cc3)cc2)c1C(O)c1cn(Cc2ccc(Cl)c(Cl)c2)nn1. The zero-order chi connectivity index (χ0) is 53.8. The summed E-state index contributed by atoms with van der Waals surface area (Å²) in [6, 6.07) is 46.1. The molecular formula is C59H49Cl2N7O9. The van der Waals surface area contributed by atoms with Crippen molar-refractivity contribution in [1.82, 2.24) is 35.5 Å². The molecule has 4 aromatic heterocycles. The molecule has 0 radical (unpaired) electrons. The Morgan fingerprint density at radius 1 is 0.610 bits per heavy atom. The second-order valence-corrected chi connectivity index (χ2v) is 19.8. The number of aliphatic hydroxyl groups excluding tert-OH is 2. The zero-order valence-electron chi connectivity index (χ0n) is 41.5. The minimum absolute atomic E-state index is 0.0155. The molecule has 1 fully saturated rings. The van der Waals surface area contributed by atoms with Crippen LogP contribution in [0.1, 0.15) is 93.7 Å². The summed E-state index contributed by atoms with van der Waals surface area (Å²) in [5, 5.41) is 66.1. The van der Waals surface area contributed by atoms with E-state index in [1.807, 2.05) is 121 Å². The third-order valence-electron chi connectivity index (χ3n) is 13.6. The predicted octanol–water partition coefficient (Wildman–Crippen LogP) is 11.9. The molecule has 0 bridgehead atoms. The van der Waals surface area contributed by atoms with Crippen LogP contribution in [0.2, 0.25) is 10.0 Å². The first-order chi connectivity index (χ1) is 37.2. The average molecular weight is 1070 g/mol. The van der Waals surface area contributed by atoms with E-state index in [2.05, 4.69) is 30.8 Å². The number of carboxylic acid groups (broad SMARTS) is 2. The molecule has 0 saturated heterocycles. The van der Waals surface area contributed by atoms with Crippen molar-refractivity contribution in [3.63, 3.8) is 0 Å². The predicted molar refractivity (Wildman–Crippen MR) is 286 cm³/mol. The van der Waals surface area contributed by atoms with Crippen molar-refractivity contribution in [3.05, 3.63) is 224 Å². The van der Waals surface area contributed by atoms with E-state index in [-0.39, 0.29) is 24.1 Å². The van der Waals surface area contributed by atoms with Gasteiger partial charge < -0.3 is 33.9 Å². The molecular weight excluding hydrogens is 1020 g/mol. The molecule has 388 valence electrons. The van der Waals surface area contributed by atoms with E-state index in [9.17, 15) is 24.9 Å². The fourth-order valence-electron chi connectivity index (χ4n) is 9.29. The van der Waals surface area contributed by atoms with Crippen LogP contribution in [0.5, 0.6) is 0 Å². The van der Waals surface area contributed by atoms with Gasteiger partial charge in [-0.05, 0) is 83.3 Å². The van der Waals surface area contributed by atoms with Gasteiger partial charge >= 0.3 is 11.9 Å². The molecule has 2 unspecified atom stereocenters. The number of aliphatic carboxylic acids is 2. The third kappa shape index (κ3) is 11.8. The highest BCUT2D eigenvalue weighted by Gasteiger charge is 2.45. The number of carbonyl (C=O) groups is 2. The Kier molecular flexibility index (Phi) is 15.1. The topological polar surface area (TPSA) is 237 Å². The monoisotopic (exact) mass is 1070 g/mol. The van der Waals surface area contributed by atoms with Crippen molar-refractivity contribution >= 4 is 35.1 Å². The number of hydrogen-bond acceptors (Lipinski definition) is 13. The Hall–Kier alpha value is -8.54. The average Bonchev–Trinajstić information content (AvgIpc) is 3.98. The zero-order valence-corrected chi connectivity index (χ0v) is 43.1. The second-order valence-electron chi connectivity index (χ2n) is 19.0. The first-order valence-electron chi connectivity index (χ1n) is 24.5. The van der Waals surface area contributed by atoms with Crippen LogP contribution in [-0.4, -0.2) is 67.9 Å². The van der Waals surface area contributed by atoms with Gasteiger partial charge in [-0.1, -0.05) is 172 Å². The van der Waals surface area contributed by atoms with Crippen molar-refractivity contribution in [2.75, 3.05) is 0 Å². The third-order valence-corrected chi connectivity index (χ3v) is 14.3. The molecule has 0 spiro atoms. The Bertz CT molecular complexity index is 3680. The summed E-state index contributed by atoms with van der Waals surface area (Å²) in [5.74, 6) is -0.243. The van der Waals surface area contributed by atoms with E-state index in [4.69, 9.17) is 41.8 Å². The molecule has 4 heterocycles. The lowest BCUT2D eigenvalue weighted by Crippen LogP contribution is -2.12. The van der Waals surface area contributed by atoms with Crippen molar-refractivity contribution in [1.29, 1.82) is 0 Å². The van der Waals surface area contributed by atoms with Crippen LogP contribution in [0.4, 0.5) is 0 Å². The molecule has 1 aliphatic carbocycles. The first-order valence-corrected chi connectivity index (χ1v) is 25.3. The van der Waals surface area contributed by atoms with Gasteiger partial charge in [-0.25, -0.2) is 4.68 Å². The molecule has 11 rings (SSSR count). The summed E-state index contributed by atoms with van der Waals surface area (Å²) >= 11 is 12.1. The number of rotatable bonds is 17. The van der Waals surface area contributed by atoms with Gasteiger partial charge in [-0.3, -0.25) is 9.59 Å². The number of carboxylic acids is 2. The lowest BCUT2D eigenvalue weighted by atomic mass is 9.91. The number of benzene rings is 6. The number of aliphatic hydroxyl groups is 2. The van der Waals surface area contributed by atoms with Gasteiger partial charge in [0.15, 0.2) is 17.6 Å². The summed E-state index contributed by atoms with van der Waals surface area (Å²) in [6.07, 6.45) is 1.84. The van der Waals surface area contributed by atoms with Crippen LogP contribution in [-0.2, 0) is 34.4 Å². The number of nitrogens with zero attached hydrogens (tertiary/aromatic N) is 7. The number of aromatic nitrogens is 7. The van der Waals surface area contributed by atoms with E-state index in [0.29, 0.717) is 68.6 Å². The number of aryl methyl sites for hydroxylation is 2. The molecule has 0 aliphatic heterocycles. The molecule has 1 aliphatic rings. The van der Waals surface area contributed by atoms with Crippen molar-refractivity contribution < 1.29 is 43.5 Å². The number of halogens is 2. The van der Waals surface area contributed by atoms with Crippen LogP contribution in [0.3, 0.4) is 0 Å². The van der Waals surface area contributed by atoms with Gasteiger partial charge in [-0.2, -0.15) is 0 Å². The fraction of sp³-hybridized carbons (Fsp3) is 0.186. The normalized spacial score (nSPS) is 13.4. The molecule has 4 N–H and O–H groups in total. The van der Waals surface area contributed by atoms with Crippen LogP contribution in [0, 0.1) is 13.8 Å². The Balaban J connectivity index is 0.000000175. The van der Waals surface area contributed by atoms with Gasteiger partial charge in [0.1, 0.15) is 11.8 Å². The Labute approximate surface area is 451 Å². The minimum atomic E-state index is -1.18. The maximum atomic E-state index is 11.2. The van der Waals surface area contributed by atoms with E-state index in [1.165, 1.54) is 0 Å². The van der Waals surface area contributed by atoms with Gasteiger partial charge in [0.2, 0.25) is 11.8 Å². The summed E-state index contributed by atoms with van der Waals surface area (Å²) < 4.78 is 18.6. The van der Waals surface area contributed by atoms with Gasteiger partial charge in [0.05, 0.1) is 64.6 Å². The van der Waals surface area contributed by atoms with Crippen LogP contribution in [0.15, 0.2) is 165 Å². The van der Waals surface area contributed by atoms with Gasteiger partial charge in [0, 0.05) is 16.5 Å². The van der Waals surface area contributed by atoms with Crippen LogP contribution >= 0.6 is 23.2 Å². The van der Waals surface area contributed by atoms with Crippen LogP contribution in [0.25, 0.3) is 44.9 Å². The molecule has 18 heteroatoms. The Morgan fingerprint density at radius 2 is 1.14 bits per heavy atom. The lowest BCUT2D eigenvalue weighted by Gasteiger charge is -2.14. The quantitative estimate of drug-likeness (QED) is 0.0663. The van der Waals surface area contributed by atoms with E-state index in [0.717, 1.165) is 68.5 Å². The fourth-order valence-corrected chi connectivity index (χ4v) is 9.61. The van der Waals surface area contributed by atoms with E-state index >= 15 is 0 Å². The van der Waals surface area contributed by atoms with E-state index in [1.54, 1.807) is 49.0 Å².